The van der Waals surface area contributed by atoms with Crippen LogP contribution in [0.1, 0.15) is 64.7 Å². The maximum Gasteiger partial charge on any atom is 0.268 e. The van der Waals surface area contributed by atoms with Crippen LogP contribution in [0.2, 0.25) is 0 Å². The molecule has 3 aromatic heterocycles. The minimum atomic E-state index is -0.976. The van der Waals surface area contributed by atoms with Gasteiger partial charge >= 0.3 is 0 Å². The number of piperidine rings is 1. The first-order chi connectivity index (χ1) is 22.5. The number of aromatic nitrogens is 4. The molecule has 6 rings (SSSR count). The van der Waals surface area contributed by atoms with Crippen molar-refractivity contribution in [3.63, 3.8) is 0 Å². The predicted octanol–water partition coefficient (Wildman–Crippen LogP) is 3.66. The van der Waals surface area contributed by atoms with Crippen LogP contribution in [0.5, 0.6) is 0 Å². The number of para-hydroxylation sites is 1. The maximum absolute atomic E-state index is 13.8. The van der Waals surface area contributed by atoms with Crippen molar-refractivity contribution in [2.45, 2.75) is 39.5 Å². The SMILES string of the molecule is Cc1c(C(N)=O)c(-c2ccc(-c3cc(C4CCN(C(=O)C(C)C)CC4)n4ncnc(N)c34)cc2)c(C(N)=O)c(=O)n1-c1ccccc1. The van der Waals surface area contributed by atoms with Crippen LogP contribution in [0.15, 0.2) is 71.8 Å². The third-order valence-electron chi connectivity index (χ3n) is 8.94. The van der Waals surface area contributed by atoms with Crippen LogP contribution in [0.3, 0.4) is 0 Å². The van der Waals surface area contributed by atoms with Crippen molar-refractivity contribution in [2.24, 2.45) is 17.4 Å². The summed E-state index contributed by atoms with van der Waals surface area (Å²) in [7, 11) is 0. The number of anilines is 1. The molecule has 1 fully saturated rings. The first kappa shape index (κ1) is 31.2. The van der Waals surface area contributed by atoms with Crippen LogP contribution in [-0.2, 0) is 4.79 Å². The highest BCUT2D eigenvalue weighted by atomic mass is 16.2. The number of hydrogen-bond donors (Lipinski definition) is 3. The zero-order chi connectivity index (χ0) is 33.6. The zero-order valence-electron chi connectivity index (χ0n) is 26.4. The number of benzene rings is 2. The van der Waals surface area contributed by atoms with Gasteiger partial charge in [-0.2, -0.15) is 5.10 Å². The molecule has 47 heavy (non-hydrogen) atoms. The Hall–Kier alpha value is -5.78. The number of fused-ring (bicyclic) bond motifs is 1. The highest BCUT2D eigenvalue weighted by Crippen LogP contribution is 2.38. The van der Waals surface area contributed by atoms with Crippen molar-refractivity contribution >= 4 is 29.1 Å². The Morgan fingerprint density at radius 3 is 2.11 bits per heavy atom. The Morgan fingerprint density at radius 2 is 1.51 bits per heavy atom. The molecule has 12 heteroatoms. The minimum absolute atomic E-state index is 0.0199. The van der Waals surface area contributed by atoms with E-state index < -0.39 is 17.4 Å². The monoisotopic (exact) mass is 632 g/mol. The second kappa shape index (κ2) is 12.2. The van der Waals surface area contributed by atoms with E-state index in [9.17, 15) is 19.2 Å². The summed E-state index contributed by atoms with van der Waals surface area (Å²) in [6.45, 7) is 6.75. The van der Waals surface area contributed by atoms with Gasteiger partial charge in [-0.3, -0.25) is 23.7 Å². The van der Waals surface area contributed by atoms with Crippen LogP contribution < -0.4 is 22.8 Å². The summed E-state index contributed by atoms with van der Waals surface area (Å²) in [5.74, 6) is -1.22. The number of nitrogen functional groups attached to an aromatic ring is 1. The molecule has 0 saturated carbocycles. The Balaban J connectivity index is 1.44. The third kappa shape index (κ3) is 5.41. The number of carbonyl (C=O) groups is 3. The number of likely N-dealkylation sites (tertiary alicyclic amines) is 1. The Morgan fingerprint density at radius 1 is 0.894 bits per heavy atom. The molecule has 1 saturated heterocycles. The van der Waals surface area contributed by atoms with E-state index in [1.165, 1.54) is 10.9 Å². The molecular formula is C35H36N8O4. The summed E-state index contributed by atoms with van der Waals surface area (Å²) in [6.07, 6.45) is 2.99. The van der Waals surface area contributed by atoms with E-state index in [4.69, 9.17) is 17.2 Å². The summed E-state index contributed by atoms with van der Waals surface area (Å²) in [5.41, 5.74) is 21.5. The number of hydrogen-bond acceptors (Lipinski definition) is 7. The largest absolute Gasteiger partial charge is 0.382 e. The molecule has 5 aromatic rings. The average Bonchev–Trinajstić information content (AvgIpc) is 3.45. The van der Waals surface area contributed by atoms with Crippen molar-refractivity contribution in [1.82, 2.24) is 24.1 Å². The fourth-order valence-corrected chi connectivity index (χ4v) is 6.68. The first-order valence-electron chi connectivity index (χ1n) is 15.5. The van der Waals surface area contributed by atoms with Crippen LogP contribution >= 0.6 is 0 Å². The van der Waals surface area contributed by atoms with Gasteiger partial charge in [-0.05, 0) is 49.1 Å². The first-order valence-corrected chi connectivity index (χ1v) is 15.5. The number of carbonyl (C=O) groups excluding carboxylic acids is 3. The van der Waals surface area contributed by atoms with Gasteiger partial charge in [0, 0.05) is 53.1 Å². The molecule has 0 aliphatic carbocycles. The Kier molecular flexibility index (Phi) is 8.10. The van der Waals surface area contributed by atoms with Crippen molar-refractivity contribution in [2.75, 3.05) is 18.8 Å². The summed E-state index contributed by atoms with van der Waals surface area (Å²) in [6, 6.07) is 17.8. The van der Waals surface area contributed by atoms with Gasteiger partial charge < -0.3 is 22.1 Å². The van der Waals surface area contributed by atoms with Crippen molar-refractivity contribution in [3.8, 4) is 27.9 Å². The van der Waals surface area contributed by atoms with E-state index in [2.05, 4.69) is 16.1 Å². The van der Waals surface area contributed by atoms with E-state index in [0.717, 1.165) is 29.7 Å². The second-order valence-electron chi connectivity index (χ2n) is 12.1. The number of pyridine rings is 1. The standard InChI is InChI=1S/C35H36N8O4/c1-19(2)34(46)41-15-13-22(14-16-41)26-17-25(30-31(36)39-18-40-43(26)30)21-9-11-23(12-10-21)28-27(32(37)44)20(3)42(24-7-5-4-6-8-24)35(47)29(28)33(38)45/h4-12,17-19,22H,13-16H2,1-3H3,(H2,37,44)(H2,38,45)(H2,36,39,40). The highest BCUT2D eigenvalue weighted by molar-refractivity contribution is 6.09. The second-order valence-corrected chi connectivity index (χ2v) is 12.1. The molecule has 6 N–H and O–H groups in total. The van der Waals surface area contributed by atoms with E-state index in [-0.39, 0.29) is 40.1 Å². The molecular weight excluding hydrogens is 596 g/mol. The van der Waals surface area contributed by atoms with Crippen molar-refractivity contribution in [1.29, 1.82) is 0 Å². The summed E-state index contributed by atoms with van der Waals surface area (Å²) in [5, 5.41) is 4.53. The van der Waals surface area contributed by atoms with Crippen molar-refractivity contribution in [3.05, 3.63) is 99.9 Å². The highest BCUT2D eigenvalue weighted by Gasteiger charge is 2.30. The lowest BCUT2D eigenvalue weighted by molar-refractivity contribution is -0.135. The molecule has 0 spiro atoms. The molecule has 1 aliphatic rings. The molecule has 3 amide bonds. The zero-order valence-corrected chi connectivity index (χ0v) is 26.4. The summed E-state index contributed by atoms with van der Waals surface area (Å²) < 4.78 is 3.10. The lowest BCUT2D eigenvalue weighted by Crippen LogP contribution is -2.40. The Bertz CT molecular complexity index is 2090. The fourth-order valence-electron chi connectivity index (χ4n) is 6.68. The topological polar surface area (TPSA) is 185 Å². The van der Waals surface area contributed by atoms with Gasteiger partial charge in [0.25, 0.3) is 17.4 Å². The van der Waals surface area contributed by atoms with Crippen LogP contribution in [0, 0.1) is 12.8 Å². The minimum Gasteiger partial charge on any atom is -0.382 e. The van der Waals surface area contributed by atoms with Crippen LogP contribution in [0.25, 0.3) is 33.5 Å². The van der Waals surface area contributed by atoms with Crippen molar-refractivity contribution < 1.29 is 14.4 Å². The molecule has 12 nitrogen and oxygen atoms in total. The molecule has 0 unspecified atom stereocenters. The van der Waals surface area contributed by atoms with Gasteiger partial charge in [0.2, 0.25) is 5.91 Å². The number of amides is 3. The summed E-state index contributed by atoms with van der Waals surface area (Å²) in [4.78, 5) is 58.2. The molecule has 0 bridgehead atoms. The number of primary amides is 2. The van der Waals surface area contributed by atoms with Gasteiger partial charge in [-0.15, -0.1) is 0 Å². The number of nitrogens with two attached hydrogens (primary N) is 3. The quantitative estimate of drug-likeness (QED) is 0.244. The smallest absolute Gasteiger partial charge is 0.268 e. The van der Waals surface area contributed by atoms with E-state index in [1.54, 1.807) is 49.4 Å². The molecule has 0 radical (unpaired) electrons. The number of rotatable bonds is 7. The molecule has 0 atom stereocenters. The normalized spacial score (nSPS) is 13.7. The van der Waals surface area contributed by atoms with Gasteiger partial charge in [-0.25, -0.2) is 9.50 Å². The Labute approximate surface area is 270 Å². The van der Waals surface area contributed by atoms with E-state index in [1.807, 2.05) is 35.4 Å². The van der Waals surface area contributed by atoms with Gasteiger partial charge in [0.1, 0.15) is 17.4 Å². The third-order valence-corrected chi connectivity index (χ3v) is 8.94. The fraction of sp³-hybridized carbons (Fsp3) is 0.257. The average molecular weight is 633 g/mol. The van der Waals surface area contributed by atoms with Crippen LogP contribution in [-0.4, -0.2) is 54.9 Å². The molecule has 4 heterocycles. The lowest BCUT2D eigenvalue weighted by atomic mass is 9.91. The lowest BCUT2D eigenvalue weighted by Gasteiger charge is -2.33. The van der Waals surface area contributed by atoms with E-state index >= 15 is 0 Å². The van der Waals surface area contributed by atoms with Gasteiger partial charge in [0.05, 0.1) is 5.56 Å². The predicted molar refractivity (Wildman–Crippen MR) is 179 cm³/mol. The van der Waals surface area contributed by atoms with Gasteiger partial charge in [0.15, 0.2) is 5.82 Å². The van der Waals surface area contributed by atoms with Crippen LogP contribution in [0.4, 0.5) is 5.82 Å². The molecule has 240 valence electrons. The van der Waals surface area contributed by atoms with Gasteiger partial charge in [-0.1, -0.05) is 56.3 Å². The summed E-state index contributed by atoms with van der Waals surface area (Å²) >= 11 is 0. The maximum atomic E-state index is 13.8. The molecule has 2 aromatic carbocycles. The number of nitrogens with zero attached hydrogens (tertiary/aromatic N) is 5. The van der Waals surface area contributed by atoms with E-state index in [0.29, 0.717) is 35.7 Å². The molecule has 1 aliphatic heterocycles.